The van der Waals surface area contributed by atoms with Crippen molar-refractivity contribution in [3.8, 4) is 23.0 Å². The zero-order chi connectivity index (χ0) is 31.5. The molecule has 1 saturated heterocycles. The molecule has 1 fully saturated rings. The minimum atomic E-state index is -0.408. The summed E-state index contributed by atoms with van der Waals surface area (Å²) in [6, 6.07) is 16.5. The number of aromatic nitrogens is 4. The first-order valence-corrected chi connectivity index (χ1v) is 15.7. The number of hydrogen-bond donors (Lipinski definition) is 2. The molecular formula is C37H34FN7O. The Labute approximate surface area is 267 Å². The molecule has 2 N–H and O–H groups in total. The monoisotopic (exact) mass is 611 g/mol. The molecule has 0 unspecified atom stereocenters. The molecular weight excluding hydrogens is 577 g/mol. The highest BCUT2D eigenvalue weighted by Crippen LogP contribution is 2.28. The Hall–Kier alpha value is -5.33. The van der Waals surface area contributed by atoms with E-state index in [1.165, 1.54) is 16.3 Å². The van der Waals surface area contributed by atoms with Crippen molar-refractivity contribution in [1.82, 2.24) is 24.8 Å². The summed E-state index contributed by atoms with van der Waals surface area (Å²) in [7, 11) is 0. The fraction of sp³-hybridized carbons (Fsp3) is 0.243. The Morgan fingerprint density at radius 1 is 1.04 bits per heavy atom. The Balaban J connectivity index is 1.30. The molecule has 0 spiro atoms. The van der Waals surface area contributed by atoms with Gasteiger partial charge in [0, 0.05) is 67.1 Å². The van der Waals surface area contributed by atoms with Crippen LogP contribution in [0.3, 0.4) is 0 Å². The lowest BCUT2D eigenvalue weighted by atomic mass is 10.00. The largest absolute Gasteiger partial charge is 0.369 e. The number of fused-ring (bicyclic) bond motifs is 1. The molecule has 230 valence electrons. The predicted octanol–water partition coefficient (Wildman–Crippen LogP) is 5.96. The van der Waals surface area contributed by atoms with Gasteiger partial charge in [-0.2, -0.15) is 4.98 Å². The highest BCUT2D eigenvalue weighted by Gasteiger charge is 2.18. The number of allylic oxidation sites excluding steroid dienone is 2. The van der Waals surface area contributed by atoms with Crippen LogP contribution in [0, 0.1) is 24.6 Å². The summed E-state index contributed by atoms with van der Waals surface area (Å²) in [6.45, 7) is 5.93. The molecule has 46 heavy (non-hydrogen) atoms. The van der Waals surface area contributed by atoms with Crippen LogP contribution >= 0.6 is 0 Å². The van der Waals surface area contributed by atoms with Gasteiger partial charge in [-0.15, -0.1) is 0 Å². The molecule has 1 aliphatic heterocycles. The first-order chi connectivity index (χ1) is 22.5. The minimum Gasteiger partial charge on any atom is -0.369 e. The van der Waals surface area contributed by atoms with Crippen LogP contribution in [0.25, 0.3) is 22.2 Å². The lowest BCUT2D eigenvalue weighted by Crippen LogP contribution is -2.43. The maximum Gasteiger partial charge on any atom is 0.268 e. The van der Waals surface area contributed by atoms with Crippen LogP contribution in [0.1, 0.15) is 36.0 Å². The van der Waals surface area contributed by atoms with E-state index < -0.39 is 5.82 Å². The molecule has 5 aromatic rings. The number of piperazine rings is 1. The Kier molecular flexibility index (Phi) is 8.28. The van der Waals surface area contributed by atoms with Gasteiger partial charge >= 0.3 is 0 Å². The quantitative estimate of drug-likeness (QED) is 0.229. The first-order valence-electron chi connectivity index (χ1n) is 15.7. The van der Waals surface area contributed by atoms with Gasteiger partial charge in [0.05, 0.1) is 12.1 Å². The standard InChI is InChI=1S/C37H34FN7O/c1-25-21-30(11-12-34(25)44-19-17-40-18-20-44)42-37-41-23-29-22-28(10-9-26-5-2-3-6-26)36(46)45(35(29)43-37)24-32-31(7-4-8-33(32)38)27-13-15-39-16-14-27/h4-5,7-8,11-16,21-23,40H,2-3,6,17-20,24H2,1H3,(H,41,42,43). The maximum atomic E-state index is 15.6. The molecule has 0 atom stereocenters. The molecule has 8 nitrogen and oxygen atoms in total. The fourth-order valence-corrected chi connectivity index (χ4v) is 6.19. The summed E-state index contributed by atoms with van der Waals surface area (Å²) in [4.78, 5) is 30.0. The third kappa shape index (κ3) is 6.12. The lowest BCUT2D eigenvalue weighted by molar-refractivity contribution is 0.588. The van der Waals surface area contributed by atoms with E-state index in [-0.39, 0.29) is 12.1 Å². The zero-order valence-electron chi connectivity index (χ0n) is 25.7. The summed E-state index contributed by atoms with van der Waals surface area (Å²) in [5.41, 5.74) is 6.49. The van der Waals surface area contributed by atoms with Gasteiger partial charge in [-0.05, 0) is 90.9 Å². The van der Waals surface area contributed by atoms with Gasteiger partial charge in [0.2, 0.25) is 5.95 Å². The number of pyridine rings is 2. The van der Waals surface area contributed by atoms with E-state index in [0.29, 0.717) is 33.7 Å². The van der Waals surface area contributed by atoms with Crippen LogP contribution in [0.15, 0.2) is 89.6 Å². The van der Waals surface area contributed by atoms with E-state index in [1.807, 2.05) is 24.3 Å². The van der Waals surface area contributed by atoms with E-state index in [9.17, 15) is 4.79 Å². The van der Waals surface area contributed by atoms with Gasteiger partial charge in [0.1, 0.15) is 11.5 Å². The summed E-state index contributed by atoms with van der Waals surface area (Å²) < 4.78 is 17.1. The molecule has 2 aliphatic rings. The van der Waals surface area contributed by atoms with Crippen molar-refractivity contribution in [3.63, 3.8) is 0 Å². The SMILES string of the molecule is Cc1cc(Nc2ncc3cc(C#CC4=CCCC4)c(=O)n(Cc4c(F)cccc4-c4ccncc4)c3n2)ccc1N1CCNCC1. The summed E-state index contributed by atoms with van der Waals surface area (Å²) in [6.07, 6.45) is 10.1. The van der Waals surface area contributed by atoms with Crippen LogP contribution in [-0.2, 0) is 6.54 Å². The number of hydrogen-bond acceptors (Lipinski definition) is 7. The molecule has 7 rings (SSSR count). The summed E-state index contributed by atoms with van der Waals surface area (Å²) in [5, 5.41) is 7.35. The number of rotatable bonds is 6. The minimum absolute atomic E-state index is 0.0349. The van der Waals surface area contributed by atoms with Crippen LogP contribution in [0.2, 0.25) is 0 Å². The number of aryl methyl sites for hydroxylation is 1. The van der Waals surface area contributed by atoms with Crippen molar-refractivity contribution in [2.75, 3.05) is 36.4 Å². The molecule has 0 saturated carbocycles. The maximum absolute atomic E-state index is 15.6. The van der Waals surface area contributed by atoms with Crippen LogP contribution in [-0.4, -0.2) is 45.7 Å². The smallest absolute Gasteiger partial charge is 0.268 e. The molecule has 3 aromatic heterocycles. The molecule has 1 aliphatic carbocycles. The van der Waals surface area contributed by atoms with Crippen LogP contribution in [0.5, 0.6) is 0 Å². The highest BCUT2D eigenvalue weighted by atomic mass is 19.1. The Bertz CT molecular complexity index is 2070. The molecule has 0 amide bonds. The number of nitrogens with zero attached hydrogens (tertiary/aromatic N) is 5. The summed E-state index contributed by atoms with van der Waals surface area (Å²) >= 11 is 0. The van der Waals surface area contributed by atoms with Gasteiger partial charge in [0.15, 0.2) is 0 Å². The summed E-state index contributed by atoms with van der Waals surface area (Å²) in [5.74, 6) is 6.20. The number of anilines is 3. The fourth-order valence-electron chi connectivity index (χ4n) is 6.19. The van der Waals surface area contributed by atoms with E-state index in [0.717, 1.165) is 67.8 Å². The normalized spacial score (nSPS) is 14.6. The van der Waals surface area contributed by atoms with Crippen LogP contribution in [0.4, 0.5) is 21.7 Å². The number of halogens is 1. The van der Waals surface area contributed by atoms with Crippen molar-refractivity contribution in [1.29, 1.82) is 0 Å². The highest BCUT2D eigenvalue weighted by molar-refractivity contribution is 5.78. The second-order valence-electron chi connectivity index (χ2n) is 11.7. The first kappa shape index (κ1) is 29.4. The van der Waals surface area contributed by atoms with Gasteiger partial charge in [-0.25, -0.2) is 9.37 Å². The van der Waals surface area contributed by atoms with Crippen molar-refractivity contribution < 1.29 is 4.39 Å². The second kappa shape index (κ2) is 13.0. The molecule has 9 heteroatoms. The molecule has 2 aromatic carbocycles. The molecule has 4 heterocycles. The predicted molar refractivity (Wildman–Crippen MR) is 181 cm³/mol. The topological polar surface area (TPSA) is 88.0 Å². The van der Waals surface area contributed by atoms with E-state index >= 15 is 4.39 Å². The molecule has 0 radical (unpaired) electrons. The third-order valence-electron chi connectivity index (χ3n) is 8.56. The van der Waals surface area contributed by atoms with Crippen molar-refractivity contribution in [3.05, 3.63) is 118 Å². The van der Waals surface area contributed by atoms with Crippen LogP contribution < -0.4 is 21.1 Å². The Morgan fingerprint density at radius 3 is 2.67 bits per heavy atom. The van der Waals surface area contributed by atoms with E-state index in [4.69, 9.17) is 4.98 Å². The van der Waals surface area contributed by atoms with Crippen molar-refractivity contribution >= 4 is 28.4 Å². The average Bonchev–Trinajstić information content (AvgIpc) is 3.61. The number of benzene rings is 2. The average molecular weight is 612 g/mol. The Morgan fingerprint density at radius 2 is 1.89 bits per heavy atom. The van der Waals surface area contributed by atoms with Gasteiger partial charge in [-0.1, -0.05) is 30.0 Å². The van der Waals surface area contributed by atoms with Crippen molar-refractivity contribution in [2.24, 2.45) is 0 Å². The van der Waals surface area contributed by atoms with Gasteiger partial charge < -0.3 is 15.5 Å². The third-order valence-corrected chi connectivity index (χ3v) is 8.56. The van der Waals surface area contributed by atoms with E-state index in [2.05, 4.69) is 62.5 Å². The zero-order valence-corrected chi connectivity index (χ0v) is 25.7. The van der Waals surface area contributed by atoms with Crippen molar-refractivity contribution in [2.45, 2.75) is 32.7 Å². The van der Waals surface area contributed by atoms with Gasteiger partial charge in [0.25, 0.3) is 5.56 Å². The van der Waals surface area contributed by atoms with E-state index in [1.54, 1.807) is 30.7 Å². The lowest BCUT2D eigenvalue weighted by Gasteiger charge is -2.30. The number of nitrogens with one attached hydrogen (secondary N) is 2. The molecule has 0 bridgehead atoms. The second-order valence-corrected chi connectivity index (χ2v) is 11.7. The van der Waals surface area contributed by atoms with Gasteiger partial charge in [-0.3, -0.25) is 14.3 Å².